The van der Waals surface area contributed by atoms with Gasteiger partial charge >= 0.3 is 17.9 Å². The van der Waals surface area contributed by atoms with Gasteiger partial charge in [-0.15, -0.1) is 0 Å². The van der Waals surface area contributed by atoms with Crippen molar-refractivity contribution in [3.63, 3.8) is 0 Å². The minimum atomic E-state index is -2.28. The molecule has 7 heteroatoms. The summed E-state index contributed by atoms with van der Waals surface area (Å²) in [5.74, 6) is -3.05. The first kappa shape index (κ1) is 24.1. The Balaban J connectivity index is 5.74. The molecular formula is C19H32O7. The van der Waals surface area contributed by atoms with Gasteiger partial charge in [0.25, 0.3) is 5.41 Å². The number of hydrogen-bond donors (Lipinski definition) is 0. The molecule has 0 aromatic rings. The second kappa shape index (κ2) is 11.6. The van der Waals surface area contributed by atoms with Crippen molar-refractivity contribution >= 4 is 24.2 Å². The second-order valence-electron chi connectivity index (χ2n) is 7.59. The van der Waals surface area contributed by atoms with Crippen LogP contribution >= 0.6 is 0 Å². The summed E-state index contributed by atoms with van der Waals surface area (Å²) in [6.07, 6.45) is 0.0154. The smallest absolute Gasteiger partial charge is 0.335 e. The third-order valence-electron chi connectivity index (χ3n) is 3.33. The van der Waals surface area contributed by atoms with E-state index in [2.05, 4.69) is 0 Å². The van der Waals surface area contributed by atoms with Gasteiger partial charge < -0.3 is 19.0 Å². The Hall–Kier alpha value is -1.92. The molecule has 0 saturated heterocycles. The largest absolute Gasteiger partial charge is 0.464 e. The van der Waals surface area contributed by atoms with Gasteiger partial charge in [0.05, 0.1) is 19.8 Å². The van der Waals surface area contributed by atoms with Crippen molar-refractivity contribution < 1.29 is 33.4 Å². The quantitative estimate of drug-likeness (QED) is 0.225. The molecule has 0 saturated carbocycles. The van der Waals surface area contributed by atoms with Crippen molar-refractivity contribution in [3.05, 3.63) is 0 Å². The van der Waals surface area contributed by atoms with Gasteiger partial charge in [0, 0.05) is 6.42 Å². The van der Waals surface area contributed by atoms with Crippen molar-refractivity contribution in [2.45, 2.75) is 54.4 Å². The zero-order valence-electron chi connectivity index (χ0n) is 16.7. The number of esters is 3. The maximum atomic E-state index is 12.7. The maximum absolute atomic E-state index is 12.7. The number of hydrogen-bond acceptors (Lipinski definition) is 7. The third-order valence-corrected chi connectivity index (χ3v) is 3.33. The van der Waals surface area contributed by atoms with Crippen LogP contribution in [0.25, 0.3) is 0 Å². The fraction of sp³-hybridized carbons (Fsp3) is 0.789. The van der Waals surface area contributed by atoms with Crippen molar-refractivity contribution in [3.8, 4) is 0 Å². The summed E-state index contributed by atoms with van der Waals surface area (Å²) in [4.78, 5) is 49.0. The lowest BCUT2D eigenvalue weighted by Gasteiger charge is -2.28. The monoisotopic (exact) mass is 372 g/mol. The molecule has 0 aromatic carbocycles. The Kier molecular flexibility index (Phi) is 10.8. The molecule has 7 nitrogen and oxygen atoms in total. The minimum absolute atomic E-state index is 0.0149. The predicted octanol–water partition coefficient (Wildman–Crippen LogP) is 2.55. The van der Waals surface area contributed by atoms with Gasteiger partial charge in [0.1, 0.15) is 6.29 Å². The van der Waals surface area contributed by atoms with Crippen LogP contribution in [0.4, 0.5) is 0 Å². The van der Waals surface area contributed by atoms with Crippen LogP contribution in [0.5, 0.6) is 0 Å². The van der Waals surface area contributed by atoms with E-state index in [1.807, 2.05) is 41.5 Å². The normalized spacial score (nSPS) is 11.6. The molecule has 0 bridgehead atoms. The van der Waals surface area contributed by atoms with Crippen LogP contribution in [0.15, 0.2) is 0 Å². The Morgan fingerprint density at radius 1 is 0.731 bits per heavy atom. The molecular weight excluding hydrogens is 340 g/mol. The van der Waals surface area contributed by atoms with Gasteiger partial charge in [-0.25, -0.2) is 0 Å². The van der Waals surface area contributed by atoms with Gasteiger partial charge in [-0.05, 0) is 24.2 Å². The molecule has 0 unspecified atom stereocenters. The van der Waals surface area contributed by atoms with Crippen molar-refractivity contribution in [2.24, 2.45) is 23.2 Å². The predicted molar refractivity (Wildman–Crippen MR) is 95.1 cm³/mol. The highest BCUT2D eigenvalue weighted by atomic mass is 16.6. The highest BCUT2D eigenvalue weighted by Gasteiger charge is 2.57. The summed E-state index contributed by atoms with van der Waals surface area (Å²) in [5.41, 5.74) is -2.28. The second-order valence-corrected chi connectivity index (χ2v) is 7.59. The Labute approximate surface area is 155 Å². The lowest BCUT2D eigenvalue weighted by molar-refractivity contribution is -0.186. The summed E-state index contributed by atoms with van der Waals surface area (Å²) in [5, 5.41) is 0. The van der Waals surface area contributed by atoms with Crippen molar-refractivity contribution in [1.29, 1.82) is 0 Å². The van der Waals surface area contributed by atoms with E-state index in [-0.39, 0.29) is 50.4 Å². The number of carbonyl (C=O) groups is 4. The van der Waals surface area contributed by atoms with E-state index in [1.54, 1.807) is 0 Å². The molecule has 26 heavy (non-hydrogen) atoms. The van der Waals surface area contributed by atoms with E-state index in [0.717, 1.165) is 0 Å². The van der Waals surface area contributed by atoms with E-state index in [1.165, 1.54) is 0 Å². The van der Waals surface area contributed by atoms with Gasteiger partial charge in [-0.1, -0.05) is 41.5 Å². The summed E-state index contributed by atoms with van der Waals surface area (Å²) >= 11 is 0. The molecule has 0 atom stereocenters. The van der Waals surface area contributed by atoms with Crippen LogP contribution in [-0.2, 0) is 33.4 Å². The number of rotatable bonds is 12. The lowest BCUT2D eigenvalue weighted by Crippen LogP contribution is -2.50. The molecule has 0 rings (SSSR count). The van der Waals surface area contributed by atoms with Crippen LogP contribution in [0.1, 0.15) is 54.4 Å². The minimum Gasteiger partial charge on any atom is -0.464 e. The van der Waals surface area contributed by atoms with Crippen LogP contribution in [-0.4, -0.2) is 44.0 Å². The first-order valence-electron chi connectivity index (χ1n) is 9.03. The topological polar surface area (TPSA) is 96.0 Å². The van der Waals surface area contributed by atoms with Crippen molar-refractivity contribution in [2.75, 3.05) is 19.8 Å². The Bertz CT molecular complexity index is 420. The first-order valence-corrected chi connectivity index (χ1v) is 9.03. The summed E-state index contributed by atoms with van der Waals surface area (Å²) in [6.45, 7) is 11.1. The van der Waals surface area contributed by atoms with E-state index in [9.17, 15) is 19.2 Å². The highest BCUT2D eigenvalue weighted by Crippen LogP contribution is 2.30. The van der Waals surface area contributed by atoms with E-state index < -0.39 is 23.3 Å². The average Bonchev–Trinajstić information content (AvgIpc) is 2.56. The maximum Gasteiger partial charge on any atom is 0.335 e. The van der Waals surface area contributed by atoms with Crippen LogP contribution < -0.4 is 0 Å². The molecule has 0 aliphatic carbocycles. The number of carbonyl (C=O) groups excluding carboxylic acids is 4. The average molecular weight is 372 g/mol. The van der Waals surface area contributed by atoms with Gasteiger partial charge in [0.15, 0.2) is 0 Å². The molecule has 150 valence electrons. The number of aldehydes is 1. The fourth-order valence-electron chi connectivity index (χ4n) is 1.93. The Morgan fingerprint density at radius 3 is 1.27 bits per heavy atom. The molecule has 0 aliphatic rings. The van der Waals surface area contributed by atoms with Crippen LogP contribution in [0.2, 0.25) is 0 Å². The van der Waals surface area contributed by atoms with Gasteiger partial charge in [0.2, 0.25) is 0 Å². The zero-order chi connectivity index (χ0) is 20.3. The molecule has 0 amide bonds. The third kappa shape index (κ3) is 7.54. The van der Waals surface area contributed by atoms with Crippen molar-refractivity contribution in [1.82, 2.24) is 0 Å². The van der Waals surface area contributed by atoms with Crippen LogP contribution in [0, 0.1) is 23.2 Å². The highest BCUT2D eigenvalue weighted by molar-refractivity contribution is 6.18. The van der Waals surface area contributed by atoms with Gasteiger partial charge in [-0.2, -0.15) is 0 Å². The molecule has 0 heterocycles. The first-order chi connectivity index (χ1) is 12.1. The standard InChI is InChI=1S/C19H32O7/c1-13(2)10-24-16(21)19(8-7-9-20,17(22)25-11-14(3)4)18(23)26-12-15(5)6/h9,13-15H,7-8,10-12H2,1-6H3. The molecule has 0 aromatic heterocycles. The molecule has 0 fully saturated rings. The SMILES string of the molecule is CC(C)COC(=O)C(CCC=O)(C(=O)OCC(C)C)C(=O)OCC(C)C. The van der Waals surface area contributed by atoms with E-state index >= 15 is 0 Å². The van der Waals surface area contributed by atoms with E-state index in [0.29, 0.717) is 6.29 Å². The van der Waals surface area contributed by atoms with Crippen LogP contribution in [0.3, 0.4) is 0 Å². The molecule has 0 N–H and O–H groups in total. The Morgan fingerprint density at radius 2 is 1.04 bits per heavy atom. The van der Waals surface area contributed by atoms with E-state index in [4.69, 9.17) is 14.2 Å². The molecule has 0 radical (unpaired) electrons. The zero-order valence-corrected chi connectivity index (χ0v) is 16.7. The fourth-order valence-corrected chi connectivity index (χ4v) is 1.93. The summed E-state index contributed by atoms with van der Waals surface area (Å²) < 4.78 is 15.5. The molecule has 0 aliphatic heterocycles. The number of ether oxygens (including phenoxy) is 3. The summed E-state index contributed by atoms with van der Waals surface area (Å²) in [7, 11) is 0. The molecule has 0 spiro atoms. The summed E-state index contributed by atoms with van der Waals surface area (Å²) in [6, 6.07) is 0. The lowest BCUT2D eigenvalue weighted by atomic mass is 9.83. The van der Waals surface area contributed by atoms with Gasteiger partial charge in [-0.3, -0.25) is 14.4 Å².